The quantitative estimate of drug-likeness (QED) is 0.602. The second-order valence-electron chi connectivity index (χ2n) is 3.51. The van der Waals surface area contributed by atoms with Crippen LogP contribution in [0.4, 0.5) is 0 Å². The van der Waals surface area contributed by atoms with Crippen LogP contribution < -0.4 is 10.1 Å². The van der Waals surface area contributed by atoms with Gasteiger partial charge in [0, 0.05) is 12.1 Å². The van der Waals surface area contributed by atoms with Crippen molar-refractivity contribution in [3.05, 3.63) is 28.8 Å². The van der Waals surface area contributed by atoms with Crippen LogP contribution in [0.3, 0.4) is 0 Å². The van der Waals surface area contributed by atoms with Crippen molar-refractivity contribution in [2.45, 2.75) is 20.4 Å². The van der Waals surface area contributed by atoms with Gasteiger partial charge in [0.25, 0.3) is 0 Å². The third-order valence-electron chi connectivity index (χ3n) is 2.42. The summed E-state index contributed by atoms with van der Waals surface area (Å²) < 4.78 is 5.29. The van der Waals surface area contributed by atoms with Gasteiger partial charge in [-0.05, 0) is 31.0 Å². The summed E-state index contributed by atoms with van der Waals surface area (Å²) in [6, 6.07) is 6.17. The average Bonchev–Trinajstić information content (AvgIpc) is 2.23. The topological polar surface area (TPSA) is 45.0 Å². The fourth-order valence-electron chi connectivity index (χ4n) is 1.43. The van der Waals surface area contributed by atoms with E-state index in [0.717, 1.165) is 11.3 Å². The van der Waals surface area contributed by atoms with E-state index in [1.165, 1.54) is 11.1 Å². The van der Waals surface area contributed by atoms with E-state index in [2.05, 4.69) is 25.2 Å². The summed E-state index contributed by atoms with van der Waals surface area (Å²) in [5.74, 6) is 0.878. The Balaban J connectivity index is 2.86. The zero-order valence-electron chi connectivity index (χ0n) is 9.42. The standard InChI is InChI=1S/C12H16N2O/c1-9-6-11(8-14-5-4-13)12(15-3)7-10(9)2/h6-7,14H,5,8H2,1-3H3. The van der Waals surface area contributed by atoms with Gasteiger partial charge in [0.15, 0.2) is 0 Å². The molecule has 1 rings (SSSR count). The average molecular weight is 204 g/mol. The van der Waals surface area contributed by atoms with Crippen LogP contribution in [0, 0.1) is 25.2 Å². The summed E-state index contributed by atoms with van der Waals surface area (Å²) in [7, 11) is 1.66. The summed E-state index contributed by atoms with van der Waals surface area (Å²) in [5.41, 5.74) is 3.55. The van der Waals surface area contributed by atoms with E-state index >= 15 is 0 Å². The van der Waals surface area contributed by atoms with Crippen LogP contribution in [0.1, 0.15) is 16.7 Å². The van der Waals surface area contributed by atoms with Gasteiger partial charge in [-0.2, -0.15) is 5.26 Å². The van der Waals surface area contributed by atoms with Crippen LogP contribution >= 0.6 is 0 Å². The highest BCUT2D eigenvalue weighted by Crippen LogP contribution is 2.22. The lowest BCUT2D eigenvalue weighted by molar-refractivity contribution is 0.407. The molecular formula is C12H16N2O. The molecule has 0 bridgehead atoms. The Morgan fingerprint density at radius 2 is 2.00 bits per heavy atom. The Kier molecular flexibility index (Phi) is 4.14. The Bertz CT molecular complexity index is 380. The number of nitriles is 1. The number of hydrogen-bond acceptors (Lipinski definition) is 3. The third kappa shape index (κ3) is 2.97. The molecule has 3 nitrogen and oxygen atoms in total. The van der Waals surface area contributed by atoms with E-state index in [4.69, 9.17) is 10.00 Å². The number of aryl methyl sites for hydroxylation is 2. The maximum atomic E-state index is 8.43. The summed E-state index contributed by atoms with van der Waals surface area (Å²) >= 11 is 0. The molecule has 0 aliphatic heterocycles. The molecule has 1 aromatic rings. The molecule has 1 aromatic carbocycles. The lowest BCUT2D eigenvalue weighted by Crippen LogP contribution is -2.14. The van der Waals surface area contributed by atoms with E-state index in [-0.39, 0.29) is 0 Å². The summed E-state index contributed by atoms with van der Waals surface area (Å²) in [5, 5.41) is 11.5. The van der Waals surface area contributed by atoms with Crippen molar-refractivity contribution in [1.82, 2.24) is 5.32 Å². The van der Waals surface area contributed by atoms with E-state index in [9.17, 15) is 0 Å². The Morgan fingerprint density at radius 1 is 1.33 bits per heavy atom. The molecule has 80 valence electrons. The van der Waals surface area contributed by atoms with Crippen molar-refractivity contribution in [1.29, 1.82) is 5.26 Å². The van der Waals surface area contributed by atoms with Crippen molar-refractivity contribution in [2.75, 3.05) is 13.7 Å². The minimum atomic E-state index is 0.357. The van der Waals surface area contributed by atoms with Gasteiger partial charge in [0.2, 0.25) is 0 Å². The van der Waals surface area contributed by atoms with E-state index in [1.54, 1.807) is 7.11 Å². The van der Waals surface area contributed by atoms with Gasteiger partial charge in [-0.25, -0.2) is 0 Å². The molecule has 0 atom stereocenters. The molecule has 0 saturated carbocycles. The number of nitrogens with zero attached hydrogens (tertiary/aromatic N) is 1. The smallest absolute Gasteiger partial charge is 0.123 e. The van der Waals surface area contributed by atoms with Crippen molar-refractivity contribution in [3.8, 4) is 11.8 Å². The molecule has 0 radical (unpaired) electrons. The maximum Gasteiger partial charge on any atom is 0.123 e. The van der Waals surface area contributed by atoms with Crippen LogP contribution in [0.5, 0.6) is 5.75 Å². The molecule has 1 N–H and O–H groups in total. The minimum absolute atomic E-state index is 0.357. The number of ether oxygens (including phenoxy) is 1. The Hall–Kier alpha value is -1.53. The van der Waals surface area contributed by atoms with Gasteiger partial charge >= 0.3 is 0 Å². The van der Waals surface area contributed by atoms with Gasteiger partial charge in [-0.1, -0.05) is 6.07 Å². The van der Waals surface area contributed by atoms with Crippen LogP contribution in [0.25, 0.3) is 0 Å². The first-order chi connectivity index (χ1) is 7.19. The maximum absolute atomic E-state index is 8.43. The predicted molar refractivity (Wildman–Crippen MR) is 59.8 cm³/mol. The Labute approximate surface area is 90.7 Å². The monoisotopic (exact) mass is 204 g/mol. The predicted octanol–water partition coefficient (Wildman–Crippen LogP) is 1.93. The number of rotatable bonds is 4. The van der Waals surface area contributed by atoms with E-state index < -0.39 is 0 Å². The fourth-order valence-corrected chi connectivity index (χ4v) is 1.43. The summed E-state index contributed by atoms with van der Waals surface area (Å²) in [4.78, 5) is 0. The largest absolute Gasteiger partial charge is 0.496 e. The molecule has 0 unspecified atom stereocenters. The zero-order chi connectivity index (χ0) is 11.3. The highest BCUT2D eigenvalue weighted by molar-refractivity contribution is 5.41. The first-order valence-electron chi connectivity index (χ1n) is 4.90. The molecule has 0 saturated heterocycles. The molecule has 15 heavy (non-hydrogen) atoms. The molecule has 0 heterocycles. The molecule has 3 heteroatoms. The highest BCUT2D eigenvalue weighted by Gasteiger charge is 2.04. The number of hydrogen-bond donors (Lipinski definition) is 1. The molecular weight excluding hydrogens is 188 g/mol. The van der Waals surface area contributed by atoms with Gasteiger partial charge < -0.3 is 10.1 Å². The molecule has 0 amide bonds. The molecule has 0 aliphatic rings. The SMILES string of the molecule is COc1cc(C)c(C)cc1CNCC#N. The van der Waals surface area contributed by atoms with Crippen molar-refractivity contribution >= 4 is 0 Å². The van der Waals surface area contributed by atoms with Crippen molar-refractivity contribution in [3.63, 3.8) is 0 Å². The Morgan fingerprint density at radius 3 is 2.60 bits per heavy atom. The first kappa shape index (κ1) is 11.5. The van der Waals surface area contributed by atoms with Crippen LogP contribution in [0.15, 0.2) is 12.1 Å². The first-order valence-corrected chi connectivity index (χ1v) is 4.90. The lowest BCUT2D eigenvalue weighted by Gasteiger charge is -2.11. The van der Waals surface area contributed by atoms with Crippen LogP contribution in [0.2, 0.25) is 0 Å². The second kappa shape index (κ2) is 5.38. The minimum Gasteiger partial charge on any atom is -0.496 e. The van der Waals surface area contributed by atoms with Gasteiger partial charge in [-0.3, -0.25) is 0 Å². The lowest BCUT2D eigenvalue weighted by atomic mass is 10.1. The summed E-state index contributed by atoms with van der Waals surface area (Å²) in [6.07, 6.45) is 0. The number of methoxy groups -OCH3 is 1. The molecule has 0 aromatic heterocycles. The normalized spacial score (nSPS) is 9.73. The second-order valence-corrected chi connectivity index (χ2v) is 3.51. The van der Waals surface area contributed by atoms with Crippen LogP contribution in [-0.2, 0) is 6.54 Å². The van der Waals surface area contributed by atoms with Crippen molar-refractivity contribution in [2.24, 2.45) is 0 Å². The fraction of sp³-hybridized carbons (Fsp3) is 0.417. The van der Waals surface area contributed by atoms with Crippen molar-refractivity contribution < 1.29 is 4.74 Å². The van der Waals surface area contributed by atoms with Gasteiger partial charge in [-0.15, -0.1) is 0 Å². The van der Waals surface area contributed by atoms with E-state index in [0.29, 0.717) is 13.1 Å². The molecule has 0 spiro atoms. The number of nitrogens with one attached hydrogen (secondary N) is 1. The third-order valence-corrected chi connectivity index (χ3v) is 2.42. The van der Waals surface area contributed by atoms with Gasteiger partial charge in [0.05, 0.1) is 19.7 Å². The van der Waals surface area contributed by atoms with Gasteiger partial charge in [0.1, 0.15) is 5.75 Å². The van der Waals surface area contributed by atoms with Crippen LogP contribution in [-0.4, -0.2) is 13.7 Å². The molecule has 0 aliphatic carbocycles. The number of benzene rings is 1. The van der Waals surface area contributed by atoms with E-state index in [1.807, 2.05) is 12.1 Å². The molecule has 0 fully saturated rings. The zero-order valence-corrected chi connectivity index (χ0v) is 9.42. The summed E-state index contributed by atoms with van der Waals surface area (Å²) in [6.45, 7) is 5.15. The highest BCUT2D eigenvalue weighted by atomic mass is 16.5.